The maximum absolute atomic E-state index is 6.14. The Morgan fingerprint density at radius 2 is 1.86 bits per heavy atom. The fourth-order valence-corrected chi connectivity index (χ4v) is 2.42. The van der Waals surface area contributed by atoms with E-state index in [-0.39, 0.29) is 5.54 Å². The number of halogens is 1. The van der Waals surface area contributed by atoms with E-state index in [2.05, 4.69) is 15.9 Å². The van der Waals surface area contributed by atoms with Crippen LogP contribution in [0.1, 0.15) is 18.4 Å². The molecule has 0 bridgehead atoms. The molecule has 3 nitrogen and oxygen atoms in total. The van der Waals surface area contributed by atoms with Crippen molar-refractivity contribution in [1.29, 1.82) is 0 Å². The van der Waals surface area contributed by atoms with Gasteiger partial charge in [0, 0.05) is 10.0 Å². The molecule has 2 aliphatic rings. The number of fused-ring (bicyclic) bond motifs is 1. The van der Waals surface area contributed by atoms with E-state index < -0.39 is 0 Å². The van der Waals surface area contributed by atoms with Crippen molar-refractivity contribution in [2.24, 2.45) is 5.73 Å². The summed E-state index contributed by atoms with van der Waals surface area (Å²) in [5.41, 5.74) is 7.12. The fraction of sp³-hybridized carbons (Fsp3) is 0.400. The van der Waals surface area contributed by atoms with Crippen LogP contribution in [-0.4, -0.2) is 6.79 Å². The number of ether oxygens (including phenoxy) is 2. The Hall–Kier alpha value is -0.740. The van der Waals surface area contributed by atoms with Gasteiger partial charge >= 0.3 is 0 Å². The number of benzene rings is 1. The highest BCUT2D eigenvalue weighted by molar-refractivity contribution is 9.10. The van der Waals surface area contributed by atoms with Crippen LogP contribution in [0.5, 0.6) is 11.5 Å². The molecule has 0 spiro atoms. The van der Waals surface area contributed by atoms with Gasteiger partial charge in [0.05, 0.1) is 0 Å². The second-order valence-corrected chi connectivity index (χ2v) is 4.70. The fourth-order valence-electron chi connectivity index (χ4n) is 1.70. The molecule has 1 heterocycles. The van der Waals surface area contributed by atoms with E-state index in [9.17, 15) is 0 Å². The summed E-state index contributed by atoms with van der Waals surface area (Å²) >= 11 is 3.51. The third-order valence-corrected chi connectivity index (χ3v) is 3.44. The smallest absolute Gasteiger partial charge is 0.231 e. The molecular formula is C10H10BrNO2. The van der Waals surface area contributed by atoms with Gasteiger partial charge in [-0.25, -0.2) is 0 Å². The molecule has 0 radical (unpaired) electrons. The summed E-state index contributed by atoms with van der Waals surface area (Å²) in [7, 11) is 0. The minimum Gasteiger partial charge on any atom is -0.454 e. The van der Waals surface area contributed by atoms with Gasteiger partial charge < -0.3 is 15.2 Å². The van der Waals surface area contributed by atoms with Crippen molar-refractivity contribution in [1.82, 2.24) is 0 Å². The molecule has 0 atom stereocenters. The highest BCUT2D eigenvalue weighted by Crippen LogP contribution is 2.49. The van der Waals surface area contributed by atoms with E-state index >= 15 is 0 Å². The molecule has 3 rings (SSSR count). The molecule has 1 aromatic carbocycles. The maximum atomic E-state index is 6.14. The average molecular weight is 256 g/mol. The molecule has 74 valence electrons. The summed E-state index contributed by atoms with van der Waals surface area (Å²) in [6, 6.07) is 3.92. The normalized spacial score (nSPS) is 21.0. The largest absolute Gasteiger partial charge is 0.454 e. The van der Waals surface area contributed by atoms with Crippen molar-refractivity contribution in [2.45, 2.75) is 18.4 Å². The van der Waals surface area contributed by atoms with Crippen molar-refractivity contribution < 1.29 is 9.47 Å². The van der Waals surface area contributed by atoms with Gasteiger partial charge in [-0.05, 0) is 30.5 Å². The van der Waals surface area contributed by atoms with Gasteiger partial charge in [-0.2, -0.15) is 0 Å². The number of hydrogen-bond donors (Lipinski definition) is 1. The van der Waals surface area contributed by atoms with Crippen LogP contribution in [0.15, 0.2) is 16.6 Å². The van der Waals surface area contributed by atoms with Crippen molar-refractivity contribution >= 4 is 15.9 Å². The first kappa shape index (κ1) is 8.56. The summed E-state index contributed by atoms with van der Waals surface area (Å²) in [6.07, 6.45) is 2.09. The summed E-state index contributed by atoms with van der Waals surface area (Å²) in [5, 5.41) is 0. The van der Waals surface area contributed by atoms with Crippen LogP contribution in [0, 0.1) is 0 Å². The van der Waals surface area contributed by atoms with E-state index in [0.717, 1.165) is 34.4 Å². The van der Waals surface area contributed by atoms with Gasteiger partial charge in [-0.15, -0.1) is 0 Å². The predicted molar refractivity (Wildman–Crippen MR) is 55.4 cm³/mol. The lowest BCUT2D eigenvalue weighted by atomic mass is 10.1. The zero-order valence-electron chi connectivity index (χ0n) is 7.55. The Bertz CT molecular complexity index is 401. The van der Waals surface area contributed by atoms with Gasteiger partial charge in [-0.3, -0.25) is 0 Å². The van der Waals surface area contributed by atoms with Gasteiger partial charge in [0.2, 0.25) is 6.79 Å². The van der Waals surface area contributed by atoms with Crippen LogP contribution in [-0.2, 0) is 5.54 Å². The number of rotatable bonds is 1. The zero-order valence-corrected chi connectivity index (χ0v) is 9.13. The van der Waals surface area contributed by atoms with E-state index in [1.165, 1.54) is 0 Å². The first-order valence-corrected chi connectivity index (χ1v) is 5.37. The molecule has 14 heavy (non-hydrogen) atoms. The highest BCUT2D eigenvalue weighted by Gasteiger charge is 2.42. The molecule has 2 N–H and O–H groups in total. The molecule has 1 aliphatic heterocycles. The van der Waals surface area contributed by atoms with E-state index in [1.54, 1.807) is 0 Å². The minimum atomic E-state index is -0.139. The minimum absolute atomic E-state index is 0.139. The molecule has 1 aromatic rings. The summed E-state index contributed by atoms with van der Waals surface area (Å²) in [5.74, 6) is 1.60. The SMILES string of the molecule is NC1(c2cc3c(cc2Br)OCO3)CC1. The van der Waals surface area contributed by atoms with Gasteiger partial charge in [0.15, 0.2) is 11.5 Å². The van der Waals surface area contributed by atoms with Crippen LogP contribution in [0.3, 0.4) is 0 Å². The van der Waals surface area contributed by atoms with Crippen LogP contribution in [0.4, 0.5) is 0 Å². The Balaban J connectivity index is 2.13. The lowest BCUT2D eigenvalue weighted by molar-refractivity contribution is 0.174. The van der Waals surface area contributed by atoms with Crippen LogP contribution >= 0.6 is 15.9 Å². The van der Waals surface area contributed by atoms with Crippen LogP contribution in [0.2, 0.25) is 0 Å². The Kier molecular flexibility index (Phi) is 1.61. The molecule has 4 heteroatoms. The van der Waals surface area contributed by atoms with Gasteiger partial charge in [0.1, 0.15) is 0 Å². The molecule has 1 aliphatic carbocycles. The first-order valence-electron chi connectivity index (χ1n) is 4.58. The lowest BCUT2D eigenvalue weighted by Crippen LogP contribution is -2.19. The Morgan fingerprint density at radius 3 is 2.50 bits per heavy atom. The lowest BCUT2D eigenvalue weighted by Gasteiger charge is -2.12. The molecule has 0 aromatic heterocycles. The molecule has 0 amide bonds. The number of hydrogen-bond acceptors (Lipinski definition) is 3. The quantitative estimate of drug-likeness (QED) is 0.837. The van der Waals surface area contributed by atoms with Gasteiger partial charge in [-0.1, -0.05) is 15.9 Å². The molecule has 0 saturated heterocycles. The predicted octanol–water partition coefficient (Wildman–Crippen LogP) is 2.13. The topological polar surface area (TPSA) is 44.5 Å². The molecule has 0 unspecified atom stereocenters. The number of nitrogens with two attached hydrogens (primary N) is 1. The monoisotopic (exact) mass is 255 g/mol. The van der Waals surface area contributed by atoms with E-state index in [4.69, 9.17) is 15.2 Å². The summed E-state index contributed by atoms with van der Waals surface area (Å²) in [6.45, 7) is 0.308. The van der Waals surface area contributed by atoms with E-state index in [1.807, 2.05) is 12.1 Å². The van der Waals surface area contributed by atoms with Crippen molar-refractivity contribution in [2.75, 3.05) is 6.79 Å². The maximum Gasteiger partial charge on any atom is 0.231 e. The highest BCUT2D eigenvalue weighted by atomic mass is 79.9. The molecule has 1 fully saturated rings. The third-order valence-electron chi connectivity index (χ3n) is 2.79. The standard InChI is InChI=1S/C10H10BrNO2/c11-7-4-9-8(13-5-14-9)3-6(7)10(12)1-2-10/h3-4H,1-2,5,12H2. The average Bonchev–Trinajstić information content (AvgIpc) is 2.75. The third kappa shape index (κ3) is 1.14. The Labute approximate surface area is 90.3 Å². The van der Waals surface area contributed by atoms with E-state index in [0.29, 0.717) is 6.79 Å². The van der Waals surface area contributed by atoms with Crippen LogP contribution in [0.25, 0.3) is 0 Å². The van der Waals surface area contributed by atoms with Gasteiger partial charge in [0.25, 0.3) is 0 Å². The van der Waals surface area contributed by atoms with Crippen LogP contribution < -0.4 is 15.2 Å². The first-order chi connectivity index (χ1) is 6.69. The Morgan fingerprint density at radius 1 is 1.21 bits per heavy atom. The second kappa shape index (κ2) is 2.64. The van der Waals surface area contributed by atoms with Crippen molar-refractivity contribution in [3.05, 3.63) is 22.2 Å². The summed E-state index contributed by atoms with van der Waals surface area (Å²) in [4.78, 5) is 0. The second-order valence-electron chi connectivity index (χ2n) is 3.84. The van der Waals surface area contributed by atoms with Crippen molar-refractivity contribution in [3.8, 4) is 11.5 Å². The van der Waals surface area contributed by atoms with Crippen molar-refractivity contribution in [3.63, 3.8) is 0 Å². The molecular weight excluding hydrogens is 246 g/mol. The summed E-state index contributed by atoms with van der Waals surface area (Å²) < 4.78 is 11.6. The zero-order chi connectivity index (χ0) is 9.76. The molecule has 1 saturated carbocycles.